The van der Waals surface area contributed by atoms with E-state index in [1.54, 1.807) is 6.20 Å². The van der Waals surface area contributed by atoms with Gasteiger partial charge in [-0.2, -0.15) is 0 Å². The Morgan fingerprint density at radius 2 is 1.96 bits per heavy atom. The van der Waals surface area contributed by atoms with E-state index in [2.05, 4.69) is 31.5 Å². The molecule has 23 heavy (non-hydrogen) atoms. The number of para-hydroxylation sites is 1. The molecule has 0 atom stereocenters. The molecular formula is C18H16BrN3O. The van der Waals surface area contributed by atoms with E-state index in [-0.39, 0.29) is 12.5 Å². The van der Waals surface area contributed by atoms with E-state index < -0.39 is 0 Å². The van der Waals surface area contributed by atoms with Crippen LogP contribution in [0.25, 0.3) is 10.9 Å². The van der Waals surface area contributed by atoms with Gasteiger partial charge in [0.15, 0.2) is 0 Å². The topological polar surface area (TPSA) is 54.0 Å². The molecule has 5 heteroatoms. The highest BCUT2D eigenvalue weighted by molar-refractivity contribution is 9.10. The highest BCUT2D eigenvalue weighted by atomic mass is 79.9. The van der Waals surface area contributed by atoms with Crippen molar-refractivity contribution in [2.75, 3.05) is 17.2 Å². The number of rotatable bonds is 4. The highest BCUT2D eigenvalue weighted by Gasteiger charge is 2.07. The van der Waals surface area contributed by atoms with Gasteiger partial charge in [-0.05, 0) is 42.8 Å². The first-order valence-electron chi connectivity index (χ1n) is 7.27. The number of benzene rings is 2. The van der Waals surface area contributed by atoms with Gasteiger partial charge in [0.05, 0.1) is 17.7 Å². The van der Waals surface area contributed by atoms with Crippen LogP contribution in [0.3, 0.4) is 0 Å². The summed E-state index contributed by atoms with van der Waals surface area (Å²) in [4.78, 5) is 16.5. The van der Waals surface area contributed by atoms with Crippen molar-refractivity contribution in [2.45, 2.75) is 6.92 Å². The summed E-state index contributed by atoms with van der Waals surface area (Å²) < 4.78 is 1.02. The van der Waals surface area contributed by atoms with Crippen LogP contribution in [-0.4, -0.2) is 17.4 Å². The van der Waals surface area contributed by atoms with Gasteiger partial charge in [0.1, 0.15) is 0 Å². The summed E-state index contributed by atoms with van der Waals surface area (Å²) >= 11 is 3.43. The maximum Gasteiger partial charge on any atom is 0.243 e. The van der Waals surface area contributed by atoms with E-state index in [1.807, 2.05) is 55.5 Å². The van der Waals surface area contributed by atoms with E-state index >= 15 is 0 Å². The maximum atomic E-state index is 12.2. The zero-order valence-corrected chi connectivity index (χ0v) is 14.2. The molecule has 0 aliphatic rings. The number of amides is 1. The number of carbonyl (C=O) groups excluding carboxylic acids is 1. The number of anilines is 2. The summed E-state index contributed by atoms with van der Waals surface area (Å²) in [6, 6.07) is 15.5. The number of hydrogen-bond donors (Lipinski definition) is 2. The quantitative estimate of drug-likeness (QED) is 0.718. The van der Waals surface area contributed by atoms with E-state index in [0.29, 0.717) is 0 Å². The Hall–Kier alpha value is -2.40. The predicted molar refractivity (Wildman–Crippen MR) is 97.7 cm³/mol. The van der Waals surface area contributed by atoms with Crippen LogP contribution in [0.2, 0.25) is 0 Å². The average Bonchev–Trinajstić information content (AvgIpc) is 2.54. The first kappa shape index (κ1) is 15.5. The van der Waals surface area contributed by atoms with Crippen LogP contribution in [0, 0.1) is 6.92 Å². The second kappa shape index (κ2) is 6.79. The van der Waals surface area contributed by atoms with E-state index in [0.717, 1.165) is 32.3 Å². The molecule has 0 bridgehead atoms. The van der Waals surface area contributed by atoms with Crippen molar-refractivity contribution in [1.82, 2.24) is 4.98 Å². The molecule has 0 aliphatic heterocycles. The maximum absolute atomic E-state index is 12.2. The van der Waals surface area contributed by atoms with Crippen LogP contribution in [0.5, 0.6) is 0 Å². The molecule has 0 saturated carbocycles. The minimum absolute atomic E-state index is 0.106. The van der Waals surface area contributed by atoms with E-state index in [1.165, 1.54) is 0 Å². The summed E-state index contributed by atoms with van der Waals surface area (Å²) in [6.45, 7) is 2.20. The summed E-state index contributed by atoms with van der Waals surface area (Å²) in [5.41, 5.74) is 3.55. The molecule has 0 aliphatic carbocycles. The summed E-state index contributed by atoms with van der Waals surface area (Å²) in [5.74, 6) is -0.106. The lowest BCUT2D eigenvalue weighted by atomic mass is 10.2. The summed E-state index contributed by atoms with van der Waals surface area (Å²) in [7, 11) is 0. The molecule has 0 unspecified atom stereocenters. The highest BCUT2D eigenvalue weighted by Crippen LogP contribution is 2.21. The van der Waals surface area contributed by atoms with Gasteiger partial charge in [0.2, 0.25) is 5.91 Å². The van der Waals surface area contributed by atoms with Gasteiger partial charge in [-0.3, -0.25) is 9.78 Å². The molecule has 1 amide bonds. The monoisotopic (exact) mass is 369 g/mol. The number of halogens is 1. The van der Waals surface area contributed by atoms with Crippen LogP contribution >= 0.6 is 15.9 Å². The minimum Gasteiger partial charge on any atom is -0.376 e. The van der Waals surface area contributed by atoms with Crippen LogP contribution in [0.4, 0.5) is 11.4 Å². The van der Waals surface area contributed by atoms with Gasteiger partial charge in [0.25, 0.3) is 0 Å². The second-order valence-corrected chi connectivity index (χ2v) is 6.16. The number of pyridine rings is 1. The van der Waals surface area contributed by atoms with Gasteiger partial charge in [0, 0.05) is 21.7 Å². The Balaban J connectivity index is 1.69. The largest absolute Gasteiger partial charge is 0.376 e. The van der Waals surface area contributed by atoms with E-state index in [9.17, 15) is 4.79 Å². The minimum atomic E-state index is -0.106. The SMILES string of the molecule is Cc1cc(Br)ccc1NCC(=O)Nc1cccc2cccnc12. The van der Waals surface area contributed by atoms with Crippen LogP contribution in [0.1, 0.15) is 5.56 Å². The zero-order chi connectivity index (χ0) is 16.2. The molecule has 0 spiro atoms. The smallest absolute Gasteiger partial charge is 0.243 e. The van der Waals surface area contributed by atoms with Crippen molar-refractivity contribution in [3.8, 4) is 0 Å². The molecule has 3 rings (SSSR count). The predicted octanol–water partition coefficient (Wildman–Crippen LogP) is 4.36. The van der Waals surface area contributed by atoms with Gasteiger partial charge in [-0.25, -0.2) is 0 Å². The second-order valence-electron chi connectivity index (χ2n) is 5.24. The normalized spacial score (nSPS) is 10.5. The number of nitrogens with zero attached hydrogens (tertiary/aromatic N) is 1. The molecular weight excluding hydrogens is 354 g/mol. The van der Waals surface area contributed by atoms with Crippen LogP contribution < -0.4 is 10.6 Å². The van der Waals surface area contributed by atoms with Crippen molar-refractivity contribution in [3.63, 3.8) is 0 Å². The van der Waals surface area contributed by atoms with Gasteiger partial charge in [-0.15, -0.1) is 0 Å². The van der Waals surface area contributed by atoms with Crippen molar-refractivity contribution in [1.29, 1.82) is 0 Å². The Morgan fingerprint density at radius 1 is 1.13 bits per heavy atom. The number of aromatic nitrogens is 1. The lowest BCUT2D eigenvalue weighted by Crippen LogP contribution is -2.22. The summed E-state index contributed by atoms with van der Waals surface area (Å²) in [6.07, 6.45) is 1.72. The Morgan fingerprint density at radius 3 is 2.78 bits per heavy atom. The van der Waals surface area contributed by atoms with Gasteiger partial charge < -0.3 is 10.6 Å². The number of aryl methyl sites for hydroxylation is 1. The number of fused-ring (bicyclic) bond motifs is 1. The van der Waals surface area contributed by atoms with Crippen molar-refractivity contribution >= 4 is 44.1 Å². The third-order valence-electron chi connectivity index (χ3n) is 3.53. The molecule has 4 nitrogen and oxygen atoms in total. The Kier molecular flexibility index (Phi) is 4.57. The Bertz CT molecular complexity index is 859. The molecule has 0 radical (unpaired) electrons. The average molecular weight is 370 g/mol. The fourth-order valence-electron chi connectivity index (χ4n) is 2.40. The number of nitrogens with one attached hydrogen (secondary N) is 2. The fraction of sp³-hybridized carbons (Fsp3) is 0.111. The molecule has 3 aromatic rings. The first-order valence-corrected chi connectivity index (χ1v) is 8.06. The van der Waals surface area contributed by atoms with Crippen molar-refractivity contribution < 1.29 is 4.79 Å². The number of hydrogen-bond acceptors (Lipinski definition) is 3. The van der Waals surface area contributed by atoms with Crippen LogP contribution in [-0.2, 0) is 4.79 Å². The first-order chi connectivity index (χ1) is 11.1. The van der Waals surface area contributed by atoms with E-state index in [4.69, 9.17) is 0 Å². The van der Waals surface area contributed by atoms with Crippen molar-refractivity contribution in [3.05, 3.63) is 64.8 Å². The molecule has 1 aromatic heterocycles. The molecule has 0 fully saturated rings. The molecule has 116 valence electrons. The fourth-order valence-corrected chi connectivity index (χ4v) is 2.88. The molecule has 0 saturated heterocycles. The van der Waals surface area contributed by atoms with Gasteiger partial charge in [-0.1, -0.05) is 34.1 Å². The molecule has 2 N–H and O–H groups in total. The molecule has 2 aromatic carbocycles. The van der Waals surface area contributed by atoms with Crippen LogP contribution in [0.15, 0.2) is 59.2 Å². The zero-order valence-electron chi connectivity index (χ0n) is 12.6. The standard InChI is InChI=1S/C18H16BrN3O/c1-12-10-14(19)7-8-15(12)21-11-17(23)22-16-6-2-4-13-5-3-9-20-18(13)16/h2-10,21H,11H2,1H3,(H,22,23). The lowest BCUT2D eigenvalue weighted by molar-refractivity contribution is -0.114. The lowest BCUT2D eigenvalue weighted by Gasteiger charge is -2.11. The van der Waals surface area contributed by atoms with Crippen molar-refractivity contribution in [2.24, 2.45) is 0 Å². The summed E-state index contributed by atoms with van der Waals surface area (Å²) in [5, 5.41) is 7.07. The third kappa shape index (κ3) is 3.68. The number of carbonyl (C=O) groups is 1. The Labute approximate surface area is 143 Å². The third-order valence-corrected chi connectivity index (χ3v) is 4.03. The van der Waals surface area contributed by atoms with Gasteiger partial charge >= 0.3 is 0 Å². The molecule has 1 heterocycles.